The summed E-state index contributed by atoms with van der Waals surface area (Å²) in [7, 11) is 1.87. The van der Waals surface area contributed by atoms with Gasteiger partial charge in [0.1, 0.15) is 12.4 Å². The number of ether oxygens (including phenoxy) is 1. The number of allylic oxidation sites excluding steroid dienone is 1. The van der Waals surface area contributed by atoms with E-state index in [1.165, 1.54) is 12.1 Å². The molecule has 31 heavy (non-hydrogen) atoms. The number of likely N-dealkylation sites (N-methyl/N-ethyl adjacent to an activating group) is 1. The zero-order valence-corrected chi connectivity index (χ0v) is 17.7. The molecule has 0 radical (unpaired) electrons. The molecule has 162 valence electrons. The summed E-state index contributed by atoms with van der Waals surface area (Å²) in [6.45, 7) is -1.66. The molecule has 0 aliphatic carbocycles. The summed E-state index contributed by atoms with van der Waals surface area (Å²) in [5.41, 5.74) is 4.17. The molecule has 0 unspecified atom stereocenters. The van der Waals surface area contributed by atoms with Crippen LogP contribution in [0.25, 0.3) is 11.1 Å². The fourth-order valence-electron chi connectivity index (χ4n) is 3.54. The van der Waals surface area contributed by atoms with Crippen LogP contribution >= 0.6 is 0 Å². The molecule has 3 aromatic carbocycles. The van der Waals surface area contributed by atoms with Crippen molar-refractivity contribution in [2.75, 3.05) is 20.2 Å². The number of benzene rings is 3. The molecule has 6 heteroatoms. The van der Waals surface area contributed by atoms with E-state index in [-0.39, 0.29) is 0 Å². The van der Waals surface area contributed by atoms with Gasteiger partial charge in [-0.15, -0.1) is 5.46 Å². The Kier molecular flexibility index (Phi) is 7.58. The predicted molar refractivity (Wildman–Crippen MR) is 124 cm³/mol. The molecule has 0 aromatic heterocycles. The molecule has 0 heterocycles. The Morgan fingerprint density at radius 1 is 0.806 bits per heavy atom. The Bertz CT molecular complexity index is 998. The largest absolute Gasteiger partial charge is 0.509 e. The zero-order valence-electron chi connectivity index (χ0n) is 17.7. The molecule has 0 bridgehead atoms. The van der Waals surface area contributed by atoms with Crippen molar-refractivity contribution in [2.24, 2.45) is 0 Å². The summed E-state index contributed by atoms with van der Waals surface area (Å²) in [6, 6.07) is 23.1. The summed E-state index contributed by atoms with van der Waals surface area (Å²) < 4.78 is 45.1. The van der Waals surface area contributed by atoms with Crippen molar-refractivity contribution in [3.63, 3.8) is 0 Å². The van der Waals surface area contributed by atoms with Crippen LogP contribution in [0, 0.1) is 0 Å². The lowest BCUT2D eigenvalue weighted by Gasteiger charge is -2.19. The first-order valence-corrected chi connectivity index (χ1v) is 10.4. The van der Waals surface area contributed by atoms with E-state index >= 15 is 0 Å². The third kappa shape index (κ3) is 5.79. The fourth-order valence-corrected chi connectivity index (χ4v) is 3.54. The first-order chi connectivity index (χ1) is 14.9. The topological polar surface area (TPSA) is 21.3 Å². The second-order valence-corrected chi connectivity index (χ2v) is 7.25. The minimum absolute atomic E-state index is 0.559. The van der Waals surface area contributed by atoms with Gasteiger partial charge < -0.3 is 23.0 Å². The van der Waals surface area contributed by atoms with E-state index in [9.17, 15) is 12.9 Å². The minimum Gasteiger partial charge on any atom is -0.492 e. The summed E-state index contributed by atoms with van der Waals surface area (Å²) in [4.78, 5) is 0. The van der Waals surface area contributed by atoms with E-state index < -0.39 is 12.4 Å². The van der Waals surface area contributed by atoms with Gasteiger partial charge in [0, 0.05) is 6.54 Å². The standard InChI is InChI=1S/C25H26BF3NO/c1-3-24(19-7-5-4-6-8-19)25(20-9-13-22(14-10-20)26(27,28)29)21-11-15-23(16-12-21)31-18-17-30-2/h4-16,30H,3,17-18H2,1-2H3/q-1/b25-24-. The number of hydrogen-bond acceptors (Lipinski definition) is 2. The van der Waals surface area contributed by atoms with Crippen LogP contribution in [-0.4, -0.2) is 27.2 Å². The third-order valence-corrected chi connectivity index (χ3v) is 5.12. The number of hydrogen-bond donors (Lipinski definition) is 1. The average molecular weight is 424 g/mol. The van der Waals surface area contributed by atoms with Gasteiger partial charge in [0.2, 0.25) is 0 Å². The third-order valence-electron chi connectivity index (χ3n) is 5.12. The Labute approximate surface area is 181 Å². The van der Waals surface area contributed by atoms with Gasteiger partial charge in [-0.2, -0.15) is 0 Å². The highest BCUT2D eigenvalue weighted by Crippen LogP contribution is 2.35. The molecule has 3 aromatic rings. The molecule has 0 aliphatic rings. The number of halogens is 3. The van der Waals surface area contributed by atoms with Crippen molar-refractivity contribution in [3.8, 4) is 5.75 Å². The van der Waals surface area contributed by atoms with Crippen molar-refractivity contribution in [3.05, 3.63) is 95.6 Å². The van der Waals surface area contributed by atoms with Gasteiger partial charge in [-0.3, -0.25) is 0 Å². The Hall–Kier alpha value is -2.99. The van der Waals surface area contributed by atoms with Crippen molar-refractivity contribution < 1.29 is 17.7 Å². The highest BCUT2D eigenvalue weighted by molar-refractivity contribution is 6.73. The van der Waals surface area contributed by atoms with Gasteiger partial charge in [0.15, 0.2) is 0 Å². The monoisotopic (exact) mass is 424 g/mol. The molecule has 0 atom stereocenters. The minimum atomic E-state index is -5.02. The Morgan fingerprint density at radius 3 is 1.90 bits per heavy atom. The number of nitrogens with one attached hydrogen (secondary N) is 1. The molecular weight excluding hydrogens is 398 g/mol. The Balaban J connectivity index is 2.08. The Morgan fingerprint density at radius 2 is 1.39 bits per heavy atom. The lowest BCUT2D eigenvalue weighted by atomic mass is 9.79. The molecule has 0 fully saturated rings. The second kappa shape index (κ2) is 10.4. The van der Waals surface area contributed by atoms with E-state index in [1.807, 2.05) is 61.6 Å². The SMILES string of the molecule is CC/C(=C(/c1ccc(OCCNC)cc1)c1ccc([B-](F)(F)F)cc1)c1ccccc1. The van der Waals surface area contributed by atoms with Crippen LogP contribution in [-0.2, 0) is 0 Å². The summed E-state index contributed by atoms with van der Waals surface area (Å²) >= 11 is 0. The fraction of sp³-hybridized carbons (Fsp3) is 0.200. The van der Waals surface area contributed by atoms with Crippen LogP contribution < -0.4 is 15.5 Å². The molecule has 0 spiro atoms. The van der Waals surface area contributed by atoms with E-state index in [4.69, 9.17) is 4.74 Å². The first kappa shape index (κ1) is 22.7. The molecule has 1 N–H and O–H groups in total. The van der Waals surface area contributed by atoms with Gasteiger partial charge in [-0.25, -0.2) is 0 Å². The molecule has 2 nitrogen and oxygen atoms in total. The zero-order chi connectivity index (χ0) is 22.3. The smallest absolute Gasteiger partial charge is 0.492 e. The molecule has 0 amide bonds. The van der Waals surface area contributed by atoms with Crippen molar-refractivity contribution >= 4 is 23.6 Å². The van der Waals surface area contributed by atoms with E-state index in [1.54, 1.807) is 12.1 Å². The quantitative estimate of drug-likeness (QED) is 0.270. The lowest BCUT2D eigenvalue weighted by Crippen LogP contribution is -2.33. The van der Waals surface area contributed by atoms with Gasteiger partial charge in [0.05, 0.1) is 0 Å². The van der Waals surface area contributed by atoms with E-state index in [0.717, 1.165) is 46.6 Å². The van der Waals surface area contributed by atoms with Gasteiger partial charge in [-0.05, 0) is 53.4 Å². The lowest BCUT2D eigenvalue weighted by molar-refractivity contribution is 0.318. The van der Waals surface area contributed by atoms with Crippen molar-refractivity contribution in [1.82, 2.24) is 5.32 Å². The van der Waals surface area contributed by atoms with Gasteiger partial charge in [-0.1, -0.05) is 73.7 Å². The van der Waals surface area contributed by atoms with E-state index in [2.05, 4.69) is 12.2 Å². The molecule has 0 aliphatic heterocycles. The summed E-state index contributed by atoms with van der Waals surface area (Å²) in [5, 5.41) is 3.03. The molecule has 0 saturated carbocycles. The van der Waals surface area contributed by atoms with Crippen molar-refractivity contribution in [2.45, 2.75) is 13.3 Å². The van der Waals surface area contributed by atoms with Crippen LogP contribution in [0.3, 0.4) is 0 Å². The van der Waals surface area contributed by atoms with Gasteiger partial charge >= 0.3 is 6.98 Å². The van der Waals surface area contributed by atoms with Crippen LogP contribution in [0.2, 0.25) is 0 Å². The number of rotatable bonds is 9. The maximum Gasteiger partial charge on any atom is 0.509 e. The maximum absolute atomic E-state index is 13.1. The first-order valence-electron chi connectivity index (χ1n) is 10.4. The van der Waals surface area contributed by atoms with Crippen LogP contribution in [0.4, 0.5) is 12.9 Å². The van der Waals surface area contributed by atoms with Crippen molar-refractivity contribution in [1.29, 1.82) is 0 Å². The summed E-state index contributed by atoms with van der Waals surface area (Å²) in [6.07, 6.45) is 0.741. The van der Waals surface area contributed by atoms with Crippen LogP contribution in [0.1, 0.15) is 30.0 Å². The predicted octanol–water partition coefficient (Wildman–Crippen LogP) is 5.71. The van der Waals surface area contributed by atoms with Crippen LogP contribution in [0.5, 0.6) is 5.75 Å². The normalized spacial score (nSPS) is 12.4. The molecule has 3 rings (SSSR count). The van der Waals surface area contributed by atoms with E-state index in [0.29, 0.717) is 6.61 Å². The van der Waals surface area contributed by atoms with Crippen LogP contribution in [0.15, 0.2) is 78.9 Å². The summed E-state index contributed by atoms with van der Waals surface area (Å²) in [5.74, 6) is 0.756. The average Bonchev–Trinajstić information content (AvgIpc) is 2.78. The molecular formula is C25H26BF3NO-. The highest BCUT2D eigenvalue weighted by Gasteiger charge is 2.25. The highest BCUT2D eigenvalue weighted by atomic mass is 19.4. The molecule has 0 saturated heterocycles. The van der Waals surface area contributed by atoms with Gasteiger partial charge in [0.25, 0.3) is 0 Å². The maximum atomic E-state index is 13.1. The second-order valence-electron chi connectivity index (χ2n) is 7.25.